The second-order valence-corrected chi connectivity index (χ2v) is 4.43. The highest BCUT2D eigenvalue weighted by Gasteiger charge is 2.02. The summed E-state index contributed by atoms with van der Waals surface area (Å²) in [5, 5.41) is 2.81. The lowest BCUT2D eigenvalue weighted by atomic mass is 10.3. The van der Waals surface area contributed by atoms with Gasteiger partial charge in [-0.1, -0.05) is 0 Å². The van der Waals surface area contributed by atoms with Gasteiger partial charge in [0.25, 0.3) is 0 Å². The minimum Gasteiger partial charge on any atom is -0.497 e. The van der Waals surface area contributed by atoms with E-state index >= 15 is 0 Å². The van der Waals surface area contributed by atoms with E-state index in [4.69, 9.17) is 9.47 Å². The molecular formula is C12H17NO3S. The van der Waals surface area contributed by atoms with Crippen LogP contribution in [0.4, 0.5) is 5.69 Å². The molecule has 4 nitrogen and oxygen atoms in total. The van der Waals surface area contributed by atoms with Crippen molar-refractivity contribution in [1.29, 1.82) is 0 Å². The summed E-state index contributed by atoms with van der Waals surface area (Å²) in [6, 6.07) is 7.26. The van der Waals surface area contributed by atoms with Gasteiger partial charge in [0.05, 0.1) is 19.5 Å². The molecule has 17 heavy (non-hydrogen) atoms. The Hall–Kier alpha value is -1.20. The first-order chi connectivity index (χ1) is 8.26. The predicted octanol–water partition coefficient (Wildman–Crippen LogP) is 2.01. The van der Waals surface area contributed by atoms with Crippen LogP contribution in [0.25, 0.3) is 0 Å². The van der Waals surface area contributed by atoms with Crippen molar-refractivity contribution in [3.63, 3.8) is 0 Å². The summed E-state index contributed by atoms with van der Waals surface area (Å²) in [6.07, 6.45) is 0. The maximum atomic E-state index is 11.5. The summed E-state index contributed by atoms with van der Waals surface area (Å²) in [7, 11) is 3.26. The third-order valence-corrected chi connectivity index (χ3v) is 2.96. The topological polar surface area (TPSA) is 47.6 Å². The first kappa shape index (κ1) is 13.9. The molecule has 1 rings (SSSR count). The number of amides is 1. The summed E-state index contributed by atoms with van der Waals surface area (Å²) in [5.74, 6) is 2.04. The Bertz CT molecular complexity index is 340. The molecule has 0 unspecified atom stereocenters. The van der Waals surface area contributed by atoms with Crippen LogP contribution in [0.2, 0.25) is 0 Å². The number of methoxy groups -OCH3 is 2. The smallest absolute Gasteiger partial charge is 0.234 e. The molecule has 0 saturated heterocycles. The lowest BCUT2D eigenvalue weighted by molar-refractivity contribution is -0.113. The Balaban J connectivity index is 2.29. The number of carbonyl (C=O) groups excluding carboxylic acids is 1. The average molecular weight is 255 g/mol. The van der Waals surface area contributed by atoms with E-state index in [9.17, 15) is 4.79 Å². The number of ether oxygens (including phenoxy) is 2. The minimum absolute atomic E-state index is 0.00345. The van der Waals surface area contributed by atoms with Crippen LogP contribution in [0.15, 0.2) is 24.3 Å². The lowest BCUT2D eigenvalue weighted by Gasteiger charge is -2.06. The van der Waals surface area contributed by atoms with Crippen molar-refractivity contribution in [3.8, 4) is 5.75 Å². The Morgan fingerprint density at radius 1 is 1.29 bits per heavy atom. The molecular weight excluding hydrogens is 238 g/mol. The molecule has 0 saturated carbocycles. The van der Waals surface area contributed by atoms with Crippen LogP contribution in [0.1, 0.15) is 0 Å². The number of hydrogen-bond donors (Lipinski definition) is 1. The molecule has 0 fully saturated rings. The molecule has 1 amide bonds. The zero-order valence-electron chi connectivity index (χ0n) is 10.1. The fraction of sp³-hybridized carbons (Fsp3) is 0.417. The van der Waals surface area contributed by atoms with Crippen LogP contribution in [0, 0.1) is 0 Å². The molecule has 0 spiro atoms. The summed E-state index contributed by atoms with van der Waals surface area (Å²) >= 11 is 1.55. The molecule has 0 heterocycles. The maximum Gasteiger partial charge on any atom is 0.234 e. The Morgan fingerprint density at radius 3 is 2.59 bits per heavy atom. The van der Waals surface area contributed by atoms with Crippen LogP contribution in [-0.4, -0.2) is 38.2 Å². The largest absolute Gasteiger partial charge is 0.497 e. The van der Waals surface area contributed by atoms with Crippen molar-refractivity contribution >= 4 is 23.4 Å². The predicted molar refractivity (Wildman–Crippen MR) is 70.8 cm³/mol. The van der Waals surface area contributed by atoms with Gasteiger partial charge in [-0.3, -0.25) is 4.79 Å². The van der Waals surface area contributed by atoms with Gasteiger partial charge in [0.1, 0.15) is 5.75 Å². The van der Waals surface area contributed by atoms with Gasteiger partial charge in [-0.15, -0.1) is 11.8 Å². The quantitative estimate of drug-likeness (QED) is 0.757. The maximum absolute atomic E-state index is 11.5. The zero-order chi connectivity index (χ0) is 12.5. The third-order valence-electron chi connectivity index (χ3n) is 2.04. The van der Waals surface area contributed by atoms with Gasteiger partial charge in [-0.05, 0) is 24.3 Å². The lowest BCUT2D eigenvalue weighted by Crippen LogP contribution is -2.14. The SMILES string of the molecule is COCCSCC(=O)Nc1ccc(OC)cc1. The third kappa shape index (κ3) is 5.60. The molecule has 0 aliphatic carbocycles. The first-order valence-corrected chi connectivity index (χ1v) is 6.42. The van der Waals surface area contributed by atoms with Gasteiger partial charge >= 0.3 is 0 Å². The standard InChI is InChI=1S/C12H17NO3S/c1-15-7-8-17-9-12(14)13-10-3-5-11(16-2)6-4-10/h3-6H,7-9H2,1-2H3,(H,13,14). The van der Waals surface area contributed by atoms with E-state index in [1.807, 2.05) is 24.3 Å². The number of nitrogens with one attached hydrogen (secondary N) is 1. The van der Waals surface area contributed by atoms with Crippen molar-refractivity contribution in [2.75, 3.05) is 37.6 Å². The highest BCUT2D eigenvalue weighted by atomic mass is 32.2. The molecule has 1 N–H and O–H groups in total. The second kappa shape index (κ2) is 7.97. The molecule has 0 aromatic heterocycles. The van der Waals surface area contributed by atoms with Crippen molar-refractivity contribution in [1.82, 2.24) is 0 Å². The Kier molecular flexibility index (Phi) is 6.50. The molecule has 94 valence electrons. The van der Waals surface area contributed by atoms with Gasteiger partial charge < -0.3 is 14.8 Å². The van der Waals surface area contributed by atoms with E-state index in [0.29, 0.717) is 12.4 Å². The number of carbonyl (C=O) groups is 1. The van der Waals surface area contributed by atoms with E-state index in [1.54, 1.807) is 26.0 Å². The average Bonchev–Trinajstić information content (AvgIpc) is 2.36. The molecule has 1 aromatic rings. The van der Waals surface area contributed by atoms with Gasteiger partial charge in [0, 0.05) is 18.6 Å². The summed E-state index contributed by atoms with van der Waals surface area (Å²) in [4.78, 5) is 11.5. The van der Waals surface area contributed by atoms with E-state index in [1.165, 1.54) is 0 Å². The van der Waals surface area contributed by atoms with Gasteiger partial charge in [0.15, 0.2) is 0 Å². The molecule has 0 radical (unpaired) electrons. The van der Waals surface area contributed by atoms with Gasteiger partial charge in [0.2, 0.25) is 5.91 Å². The normalized spacial score (nSPS) is 10.0. The first-order valence-electron chi connectivity index (χ1n) is 5.27. The second-order valence-electron chi connectivity index (χ2n) is 3.32. The Morgan fingerprint density at radius 2 is 2.00 bits per heavy atom. The highest BCUT2D eigenvalue weighted by molar-refractivity contribution is 7.99. The zero-order valence-corrected chi connectivity index (χ0v) is 10.9. The number of hydrogen-bond acceptors (Lipinski definition) is 4. The van der Waals surface area contributed by atoms with E-state index in [2.05, 4.69) is 5.32 Å². The Labute approximate surface area is 106 Å². The van der Waals surface area contributed by atoms with E-state index in [0.717, 1.165) is 17.2 Å². The number of benzene rings is 1. The molecule has 0 atom stereocenters. The van der Waals surface area contributed by atoms with Crippen LogP contribution in [0.3, 0.4) is 0 Å². The fourth-order valence-corrected chi connectivity index (χ4v) is 1.86. The molecule has 5 heteroatoms. The van der Waals surface area contributed by atoms with Crippen LogP contribution < -0.4 is 10.1 Å². The molecule has 0 aliphatic rings. The molecule has 0 aliphatic heterocycles. The van der Waals surface area contributed by atoms with Crippen molar-refractivity contribution < 1.29 is 14.3 Å². The number of anilines is 1. The minimum atomic E-state index is -0.00345. The summed E-state index contributed by atoms with van der Waals surface area (Å²) < 4.78 is 9.94. The van der Waals surface area contributed by atoms with Crippen molar-refractivity contribution in [3.05, 3.63) is 24.3 Å². The van der Waals surface area contributed by atoms with Crippen molar-refractivity contribution in [2.24, 2.45) is 0 Å². The molecule has 0 bridgehead atoms. The number of rotatable bonds is 7. The monoisotopic (exact) mass is 255 g/mol. The van der Waals surface area contributed by atoms with Crippen LogP contribution >= 0.6 is 11.8 Å². The van der Waals surface area contributed by atoms with Crippen LogP contribution in [0.5, 0.6) is 5.75 Å². The molecule has 1 aromatic carbocycles. The highest BCUT2D eigenvalue weighted by Crippen LogP contribution is 2.15. The summed E-state index contributed by atoms with van der Waals surface area (Å²) in [6.45, 7) is 0.667. The van der Waals surface area contributed by atoms with E-state index in [-0.39, 0.29) is 5.91 Å². The van der Waals surface area contributed by atoms with E-state index < -0.39 is 0 Å². The fourth-order valence-electron chi connectivity index (χ4n) is 1.18. The number of thioether (sulfide) groups is 1. The van der Waals surface area contributed by atoms with Gasteiger partial charge in [-0.2, -0.15) is 0 Å². The summed E-state index contributed by atoms with van der Waals surface area (Å²) in [5.41, 5.74) is 0.781. The van der Waals surface area contributed by atoms with Crippen LogP contribution in [-0.2, 0) is 9.53 Å². The van der Waals surface area contributed by atoms with Gasteiger partial charge in [-0.25, -0.2) is 0 Å². The van der Waals surface area contributed by atoms with Crippen molar-refractivity contribution in [2.45, 2.75) is 0 Å².